The number of carbonyl (C=O) groups is 2. The van der Waals surface area contributed by atoms with Gasteiger partial charge in [-0.15, -0.1) is 0 Å². The third-order valence-corrected chi connectivity index (χ3v) is 5.25. The monoisotopic (exact) mass is 394 g/mol. The summed E-state index contributed by atoms with van der Waals surface area (Å²) >= 11 is 6.05. The van der Waals surface area contributed by atoms with Crippen molar-refractivity contribution in [2.24, 2.45) is 0 Å². The topological polar surface area (TPSA) is 73.4 Å². The summed E-state index contributed by atoms with van der Waals surface area (Å²) < 4.78 is 0. The van der Waals surface area contributed by atoms with E-state index in [2.05, 4.69) is 4.98 Å². The maximum absolute atomic E-state index is 12.9. The fraction of sp³-hybridized carbons (Fsp3) is 0.182. The molecule has 0 aliphatic carbocycles. The molecule has 1 aliphatic rings. The number of halogens is 1. The van der Waals surface area contributed by atoms with E-state index < -0.39 is 17.7 Å². The number of rotatable bonds is 4. The van der Waals surface area contributed by atoms with Gasteiger partial charge in [-0.05, 0) is 24.6 Å². The van der Waals surface area contributed by atoms with E-state index in [9.17, 15) is 14.7 Å². The largest absolute Gasteiger partial charge is 0.507 e. The zero-order chi connectivity index (χ0) is 19.8. The van der Waals surface area contributed by atoms with Gasteiger partial charge < -0.3 is 15.0 Å². The summed E-state index contributed by atoms with van der Waals surface area (Å²) in [4.78, 5) is 30.4. The van der Waals surface area contributed by atoms with E-state index in [1.165, 1.54) is 4.90 Å². The molecule has 28 heavy (non-hydrogen) atoms. The van der Waals surface area contributed by atoms with Gasteiger partial charge in [0.2, 0.25) is 0 Å². The third-order valence-electron chi connectivity index (χ3n) is 5.02. The minimum atomic E-state index is -0.679. The second-order valence-corrected chi connectivity index (χ2v) is 7.23. The quantitative estimate of drug-likeness (QED) is 0.384. The predicted molar refractivity (Wildman–Crippen MR) is 109 cm³/mol. The van der Waals surface area contributed by atoms with Crippen LogP contribution in [0.2, 0.25) is 5.02 Å². The first-order valence-electron chi connectivity index (χ1n) is 9.13. The molecule has 4 rings (SSSR count). The molecular formula is C22H19ClN2O3. The highest BCUT2D eigenvalue weighted by Crippen LogP contribution is 2.42. The lowest BCUT2D eigenvalue weighted by Crippen LogP contribution is -2.30. The number of aromatic nitrogens is 1. The predicted octanol–water partition coefficient (Wildman–Crippen LogP) is 4.65. The highest BCUT2D eigenvalue weighted by atomic mass is 35.5. The minimum Gasteiger partial charge on any atom is -0.507 e. The van der Waals surface area contributed by atoms with Gasteiger partial charge in [-0.25, -0.2) is 0 Å². The molecule has 0 spiro atoms. The van der Waals surface area contributed by atoms with Gasteiger partial charge in [-0.3, -0.25) is 9.59 Å². The Bertz CT molecular complexity index is 1120. The number of amides is 1. The molecule has 6 heteroatoms. The second-order valence-electron chi connectivity index (χ2n) is 6.79. The van der Waals surface area contributed by atoms with Crippen LogP contribution in [-0.2, 0) is 9.59 Å². The molecule has 5 nitrogen and oxygen atoms in total. The number of nitrogens with zero attached hydrogens (tertiary/aromatic N) is 1. The van der Waals surface area contributed by atoms with Gasteiger partial charge in [0.1, 0.15) is 5.76 Å². The van der Waals surface area contributed by atoms with Crippen molar-refractivity contribution in [3.05, 3.63) is 76.5 Å². The van der Waals surface area contributed by atoms with Crippen LogP contribution in [0.25, 0.3) is 16.7 Å². The maximum Gasteiger partial charge on any atom is 0.295 e. The van der Waals surface area contributed by atoms with E-state index in [1.54, 1.807) is 30.5 Å². The van der Waals surface area contributed by atoms with Crippen LogP contribution in [0.4, 0.5) is 0 Å². The zero-order valence-electron chi connectivity index (χ0n) is 15.3. The Hall–Kier alpha value is -3.05. The summed E-state index contributed by atoms with van der Waals surface area (Å²) in [5, 5.41) is 12.3. The number of para-hydroxylation sites is 1. The van der Waals surface area contributed by atoms with Crippen LogP contribution >= 0.6 is 11.6 Å². The van der Waals surface area contributed by atoms with Gasteiger partial charge in [0.05, 0.1) is 11.6 Å². The number of aliphatic hydroxyl groups excluding tert-OH is 1. The number of hydrogen-bond acceptors (Lipinski definition) is 3. The fourth-order valence-corrected chi connectivity index (χ4v) is 3.98. The number of carbonyl (C=O) groups excluding carboxylic acids is 2. The van der Waals surface area contributed by atoms with Crippen LogP contribution in [0.3, 0.4) is 0 Å². The molecule has 0 bridgehead atoms. The smallest absolute Gasteiger partial charge is 0.295 e. The molecule has 0 saturated carbocycles. The van der Waals surface area contributed by atoms with Crippen molar-refractivity contribution < 1.29 is 14.7 Å². The van der Waals surface area contributed by atoms with Gasteiger partial charge in [-0.2, -0.15) is 0 Å². The maximum atomic E-state index is 12.9. The summed E-state index contributed by atoms with van der Waals surface area (Å²) in [6.07, 6.45) is 2.50. The van der Waals surface area contributed by atoms with E-state index in [1.807, 2.05) is 31.2 Å². The summed E-state index contributed by atoms with van der Waals surface area (Å²) in [6, 6.07) is 13.7. The number of ketones is 1. The number of likely N-dealkylation sites (tertiary alicyclic amines) is 1. The number of Topliss-reactive ketones (excluding diaryl/α,β-unsaturated/α-hetero) is 1. The van der Waals surface area contributed by atoms with Gasteiger partial charge in [-0.1, -0.05) is 48.9 Å². The standard InChI is InChI=1S/C22H19ClN2O3/c1-2-10-25-19(16-12-24-17-9-4-3-8-15(16)17)18(21(27)22(25)28)20(26)13-6-5-7-14(23)11-13/h3-9,11-12,19,24,26H,2,10H2,1H3/b20-18+. The van der Waals surface area contributed by atoms with Crippen molar-refractivity contribution in [3.63, 3.8) is 0 Å². The molecule has 1 aliphatic heterocycles. The van der Waals surface area contributed by atoms with Crippen molar-refractivity contribution in [3.8, 4) is 0 Å². The van der Waals surface area contributed by atoms with Crippen LogP contribution in [0.5, 0.6) is 0 Å². The Kier molecular flexibility index (Phi) is 4.69. The van der Waals surface area contributed by atoms with Crippen LogP contribution in [0, 0.1) is 0 Å². The SMILES string of the molecule is CCCN1C(=O)C(=O)/C(=C(/O)c2cccc(Cl)c2)C1c1c[nH]c2ccccc12. The Labute approximate surface area is 167 Å². The van der Waals surface area contributed by atoms with Crippen molar-refractivity contribution in [1.29, 1.82) is 0 Å². The van der Waals surface area contributed by atoms with E-state index in [0.717, 1.165) is 16.5 Å². The molecule has 2 N–H and O–H groups in total. The van der Waals surface area contributed by atoms with Crippen LogP contribution < -0.4 is 0 Å². The summed E-state index contributed by atoms with van der Waals surface area (Å²) in [5.74, 6) is -1.49. The first kappa shape index (κ1) is 18.3. The number of fused-ring (bicyclic) bond motifs is 1. The van der Waals surface area contributed by atoms with E-state index in [4.69, 9.17) is 11.6 Å². The number of benzene rings is 2. The molecule has 0 radical (unpaired) electrons. The number of hydrogen-bond donors (Lipinski definition) is 2. The van der Waals surface area contributed by atoms with Gasteiger partial charge in [0.15, 0.2) is 0 Å². The van der Waals surface area contributed by atoms with E-state index in [0.29, 0.717) is 23.6 Å². The van der Waals surface area contributed by atoms with Crippen molar-refractivity contribution in [1.82, 2.24) is 9.88 Å². The van der Waals surface area contributed by atoms with Crippen LogP contribution in [-0.4, -0.2) is 33.2 Å². The molecule has 3 aromatic rings. The minimum absolute atomic E-state index is 0.0884. The number of aromatic amines is 1. The summed E-state index contributed by atoms with van der Waals surface area (Å²) in [6.45, 7) is 2.36. The Morgan fingerprint density at radius 1 is 1.18 bits per heavy atom. The number of H-pyrrole nitrogens is 1. The lowest BCUT2D eigenvalue weighted by molar-refractivity contribution is -0.139. The second kappa shape index (κ2) is 7.17. The number of aliphatic hydroxyl groups is 1. The molecule has 1 amide bonds. The highest BCUT2D eigenvalue weighted by molar-refractivity contribution is 6.46. The van der Waals surface area contributed by atoms with Crippen molar-refractivity contribution in [2.75, 3.05) is 6.54 Å². The molecule has 2 heterocycles. The van der Waals surface area contributed by atoms with Crippen LogP contribution in [0.15, 0.2) is 60.3 Å². The Morgan fingerprint density at radius 2 is 1.96 bits per heavy atom. The average molecular weight is 395 g/mol. The first-order valence-corrected chi connectivity index (χ1v) is 9.51. The molecule has 1 saturated heterocycles. The van der Waals surface area contributed by atoms with E-state index in [-0.39, 0.29) is 11.3 Å². The molecule has 2 aromatic carbocycles. The van der Waals surface area contributed by atoms with Crippen LogP contribution in [0.1, 0.15) is 30.5 Å². The molecule has 1 atom stereocenters. The lowest BCUT2D eigenvalue weighted by atomic mass is 9.95. The van der Waals surface area contributed by atoms with Gasteiger partial charge >= 0.3 is 0 Å². The van der Waals surface area contributed by atoms with Crippen molar-refractivity contribution in [2.45, 2.75) is 19.4 Å². The number of nitrogens with one attached hydrogen (secondary N) is 1. The molecule has 142 valence electrons. The van der Waals surface area contributed by atoms with Crippen molar-refractivity contribution >= 4 is 40.0 Å². The third kappa shape index (κ3) is 2.88. The molecule has 1 aromatic heterocycles. The molecular weight excluding hydrogens is 376 g/mol. The zero-order valence-corrected chi connectivity index (χ0v) is 16.0. The lowest BCUT2D eigenvalue weighted by Gasteiger charge is -2.24. The van der Waals surface area contributed by atoms with Gasteiger partial charge in [0, 0.05) is 39.8 Å². The summed E-state index contributed by atoms with van der Waals surface area (Å²) in [5.41, 5.74) is 2.19. The first-order chi connectivity index (χ1) is 13.5. The molecule has 1 unspecified atom stereocenters. The van der Waals surface area contributed by atoms with E-state index >= 15 is 0 Å². The van der Waals surface area contributed by atoms with Gasteiger partial charge in [0.25, 0.3) is 11.7 Å². The Morgan fingerprint density at radius 3 is 2.71 bits per heavy atom. The highest BCUT2D eigenvalue weighted by Gasteiger charge is 2.46. The average Bonchev–Trinajstić information content (AvgIpc) is 3.22. The normalized spacial score (nSPS) is 18.9. The summed E-state index contributed by atoms with van der Waals surface area (Å²) in [7, 11) is 0. The Balaban J connectivity index is 1.96. The molecule has 1 fully saturated rings. The fourth-order valence-electron chi connectivity index (χ4n) is 3.79.